The number of carbonyl (C=O) groups is 1. The number of hydrogen-bond acceptors (Lipinski definition) is 2. The molecule has 0 fully saturated rings. The summed E-state index contributed by atoms with van der Waals surface area (Å²) in [5.74, 6) is -2.28. The van der Waals surface area contributed by atoms with Gasteiger partial charge in [0.2, 0.25) is 0 Å². The van der Waals surface area contributed by atoms with Gasteiger partial charge in [0.15, 0.2) is 0 Å². The van der Waals surface area contributed by atoms with Crippen LogP contribution in [0.2, 0.25) is 0 Å². The molecule has 0 unspecified atom stereocenters. The van der Waals surface area contributed by atoms with Gasteiger partial charge in [0.1, 0.15) is 0 Å². The number of hydrogen-bond donors (Lipinski definition) is 0. The maximum absolute atomic E-state index is 12.2. The van der Waals surface area contributed by atoms with E-state index in [0.29, 0.717) is 7.11 Å². The minimum atomic E-state index is -6.74. The lowest BCUT2D eigenvalue weighted by molar-refractivity contribution is -0.426. The number of halogens is 9. The van der Waals surface area contributed by atoms with Gasteiger partial charge in [-0.3, -0.25) is 4.79 Å². The zero-order valence-electron chi connectivity index (χ0n) is 8.43. The Morgan fingerprint density at radius 1 is 0.833 bits per heavy atom. The van der Waals surface area contributed by atoms with Crippen molar-refractivity contribution in [3.05, 3.63) is 0 Å². The molecular weight excluding hydrogens is 287 g/mol. The molecule has 0 aromatic heterocycles. The monoisotopic (exact) mass is 292 g/mol. The zero-order valence-corrected chi connectivity index (χ0v) is 8.43. The van der Waals surface area contributed by atoms with Crippen molar-refractivity contribution in [2.24, 2.45) is 5.41 Å². The van der Waals surface area contributed by atoms with Gasteiger partial charge in [0.25, 0.3) is 5.41 Å². The van der Waals surface area contributed by atoms with Gasteiger partial charge in [-0.15, -0.1) is 0 Å². The lowest BCUT2D eigenvalue weighted by Gasteiger charge is -2.37. The first-order chi connectivity index (χ1) is 7.70. The summed E-state index contributed by atoms with van der Waals surface area (Å²) in [7, 11) is 0.371. The fraction of sp³-hybridized carbons (Fsp3) is 0.857. The molecule has 0 rings (SSSR count). The van der Waals surface area contributed by atoms with Crippen molar-refractivity contribution in [1.29, 1.82) is 0 Å². The van der Waals surface area contributed by atoms with Gasteiger partial charge < -0.3 is 4.74 Å². The second-order valence-electron chi connectivity index (χ2n) is 3.15. The number of rotatable bonds is 2. The maximum atomic E-state index is 12.2. The Bertz CT molecular complexity index is 274. The number of ether oxygens (including phenoxy) is 1. The molecule has 0 aromatic carbocycles. The van der Waals surface area contributed by atoms with E-state index in [0.717, 1.165) is 0 Å². The third kappa shape index (κ3) is 2.64. The molecule has 0 atom stereocenters. The van der Waals surface area contributed by atoms with Crippen LogP contribution in [0.4, 0.5) is 39.5 Å². The van der Waals surface area contributed by atoms with Crippen molar-refractivity contribution >= 4 is 5.97 Å². The minimum Gasteiger partial charge on any atom is -0.469 e. The standard InChI is InChI=1S/C7H5F9O2/c1-18-3(17)2-4(5(8,9)10,6(11,12)13)7(14,15)16/h2H2,1H3. The Kier molecular flexibility index (Phi) is 4.21. The largest absolute Gasteiger partial charge is 0.469 e. The van der Waals surface area contributed by atoms with Crippen molar-refractivity contribution < 1.29 is 49.0 Å². The van der Waals surface area contributed by atoms with E-state index in [-0.39, 0.29) is 0 Å². The Labute approximate surface area is 93.7 Å². The fourth-order valence-electron chi connectivity index (χ4n) is 1.07. The molecule has 0 aliphatic heterocycles. The van der Waals surface area contributed by atoms with Crippen LogP contribution in [0.15, 0.2) is 0 Å². The molecule has 0 saturated heterocycles. The van der Waals surface area contributed by atoms with Crippen molar-refractivity contribution in [1.82, 2.24) is 0 Å². The number of methoxy groups -OCH3 is 1. The van der Waals surface area contributed by atoms with Crippen molar-refractivity contribution in [3.63, 3.8) is 0 Å². The summed E-state index contributed by atoms with van der Waals surface area (Å²) < 4.78 is 113. The van der Waals surface area contributed by atoms with Crippen molar-refractivity contribution in [3.8, 4) is 0 Å². The van der Waals surface area contributed by atoms with Crippen LogP contribution in [-0.4, -0.2) is 31.6 Å². The van der Waals surface area contributed by atoms with Crippen molar-refractivity contribution in [2.75, 3.05) is 7.11 Å². The Balaban J connectivity index is 6.00. The molecule has 0 bridgehead atoms. The zero-order chi connectivity index (χ0) is 15.0. The lowest BCUT2D eigenvalue weighted by Crippen LogP contribution is -2.60. The SMILES string of the molecule is COC(=O)CC(C(F)(F)F)(C(F)(F)F)C(F)(F)F. The summed E-state index contributed by atoms with van der Waals surface area (Å²) in [5, 5.41) is 0. The number of alkyl halides is 9. The van der Waals surface area contributed by atoms with E-state index in [1.54, 1.807) is 0 Å². The molecule has 0 aliphatic carbocycles. The second-order valence-corrected chi connectivity index (χ2v) is 3.15. The molecule has 0 N–H and O–H groups in total. The van der Waals surface area contributed by atoms with E-state index in [4.69, 9.17) is 0 Å². The third-order valence-electron chi connectivity index (χ3n) is 2.09. The average Bonchev–Trinajstić information content (AvgIpc) is 2.07. The molecule has 2 nitrogen and oxygen atoms in total. The van der Waals surface area contributed by atoms with E-state index in [1.165, 1.54) is 0 Å². The molecular formula is C7H5F9O2. The van der Waals surface area contributed by atoms with Crippen LogP contribution in [-0.2, 0) is 9.53 Å². The summed E-state index contributed by atoms with van der Waals surface area (Å²) in [6, 6.07) is 0. The first-order valence-electron chi connectivity index (χ1n) is 3.97. The van der Waals surface area contributed by atoms with Crippen LogP contribution < -0.4 is 0 Å². The van der Waals surface area contributed by atoms with E-state index in [2.05, 4.69) is 4.74 Å². The highest BCUT2D eigenvalue weighted by Gasteiger charge is 2.84. The van der Waals surface area contributed by atoms with Gasteiger partial charge in [-0.1, -0.05) is 0 Å². The van der Waals surface area contributed by atoms with Gasteiger partial charge in [-0.05, 0) is 0 Å². The predicted molar refractivity (Wildman–Crippen MR) is 37.2 cm³/mol. The fourth-order valence-corrected chi connectivity index (χ4v) is 1.07. The molecule has 11 heteroatoms. The quantitative estimate of drug-likeness (QED) is 0.577. The smallest absolute Gasteiger partial charge is 0.412 e. The van der Waals surface area contributed by atoms with E-state index in [1.807, 2.05) is 0 Å². The van der Waals surface area contributed by atoms with Crippen LogP contribution >= 0.6 is 0 Å². The first-order valence-corrected chi connectivity index (χ1v) is 3.97. The highest BCUT2D eigenvalue weighted by molar-refractivity contribution is 5.70. The summed E-state index contributed by atoms with van der Waals surface area (Å²) in [4.78, 5) is 10.4. The van der Waals surface area contributed by atoms with E-state index in [9.17, 15) is 44.3 Å². The summed E-state index contributed by atoms with van der Waals surface area (Å²) >= 11 is 0. The summed E-state index contributed by atoms with van der Waals surface area (Å²) in [6.45, 7) is 0. The van der Waals surface area contributed by atoms with E-state index >= 15 is 0 Å². The summed E-state index contributed by atoms with van der Waals surface area (Å²) in [5.41, 5.74) is -6.14. The van der Waals surface area contributed by atoms with Gasteiger partial charge in [-0.2, -0.15) is 39.5 Å². The summed E-state index contributed by atoms with van der Waals surface area (Å²) in [6.07, 6.45) is -23.1. The molecule has 0 aliphatic rings. The highest BCUT2D eigenvalue weighted by Crippen LogP contribution is 2.61. The Hall–Kier alpha value is -1.16. The van der Waals surface area contributed by atoms with Gasteiger partial charge in [0.05, 0.1) is 13.5 Å². The molecule has 0 aromatic rings. The number of carbonyl (C=O) groups excluding carboxylic acids is 1. The van der Waals surface area contributed by atoms with E-state index < -0.39 is 36.3 Å². The second kappa shape index (κ2) is 4.50. The molecule has 0 saturated carbocycles. The Morgan fingerprint density at radius 3 is 1.28 bits per heavy atom. The van der Waals surface area contributed by atoms with Crippen LogP contribution in [0, 0.1) is 5.41 Å². The van der Waals surface area contributed by atoms with Crippen LogP contribution in [0.25, 0.3) is 0 Å². The minimum absolute atomic E-state index is 0.371. The molecule has 108 valence electrons. The first kappa shape index (κ1) is 16.8. The van der Waals surface area contributed by atoms with Crippen LogP contribution in [0.1, 0.15) is 6.42 Å². The molecule has 0 heterocycles. The highest BCUT2D eigenvalue weighted by atomic mass is 19.4. The van der Waals surface area contributed by atoms with Crippen LogP contribution in [0.5, 0.6) is 0 Å². The Morgan fingerprint density at radius 2 is 1.11 bits per heavy atom. The average molecular weight is 292 g/mol. The normalized spacial score (nSPS) is 14.6. The molecule has 0 radical (unpaired) electrons. The number of esters is 1. The third-order valence-corrected chi connectivity index (χ3v) is 2.09. The predicted octanol–water partition coefficient (Wildman–Crippen LogP) is 3.22. The molecule has 0 amide bonds. The molecule has 18 heavy (non-hydrogen) atoms. The molecule has 0 spiro atoms. The van der Waals surface area contributed by atoms with Crippen LogP contribution in [0.3, 0.4) is 0 Å². The maximum Gasteiger partial charge on any atom is 0.412 e. The topological polar surface area (TPSA) is 26.3 Å². The van der Waals surface area contributed by atoms with Gasteiger partial charge in [0, 0.05) is 0 Å². The van der Waals surface area contributed by atoms with Gasteiger partial charge >= 0.3 is 24.5 Å². The van der Waals surface area contributed by atoms with Crippen molar-refractivity contribution in [2.45, 2.75) is 24.9 Å². The lowest BCUT2D eigenvalue weighted by atomic mass is 9.81. The van der Waals surface area contributed by atoms with Gasteiger partial charge in [-0.25, -0.2) is 0 Å².